The van der Waals surface area contributed by atoms with E-state index in [0.717, 1.165) is 0 Å². The lowest BCUT2D eigenvalue weighted by molar-refractivity contribution is -0.383. The van der Waals surface area contributed by atoms with Crippen LogP contribution in [0.15, 0.2) is 30.3 Å². The fraction of sp³-hybridized carbons (Fsp3) is 0.435. The van der Waals surface area contributed by atoms with Crippen molar-refractivity contribution in [1.82, 2.24) is 20.1 Å². The summed E-state index contributed by atoms with van der Waals surface area (Å²) in [5, 5.41) is 14.1. The van der Waals surface area contributed by atoms with Crippen molar-refractivity contribution in [2.45, 2.75) is 25.8 Å². The number of aromatic nitrogens is 1. The van der Waals surface area contributed by atoms with E-state index in [-0.39, 0.29) is 67.9 Å². The van der Waals surface area contributed by atoms with Crippen LogP contribution in [-0.4, -0.2) is 89.5 Å². The number of hydrogen-bond acceptors (Lipinski definition) is 9. The van der Waals surface area contributed by atoms with Gasteiger partial charge in [0.1, 0.15) is 11.7 Å². The van der Waals surface area contributed by atoms with E-state index in [4.69, 9.17) is 4.74 Å². The van der Waals surface area contributed by atoms with Crippen LogP contribution in [0.3, 0.4) is 0 Å². The van der Waals surface area contributed by atoms with Crippen LogP contribution in [0, 0.1) is 10.1 Å². The number of carbonyl (C=O) groups excluding carboxylic acids is 4. The van der Waals surface area contributed by atoms with Gasteiger partial charge < -0.3 is 24.6 Å². The molecule has 192 valence electrons. The summed E-state index contributed by atoms with van der Waals surface area (Å²) in [5.74, 6) is -1.62. The number of nitro benzene ring substituents is 1. The van der Waals surface area contributed by atoms with E-state index in [1.54, 1.807) is 13.0 Å². The molecule has 1 aromatic carbocycles. The van der Waals surface area contributed by atoms with Gasteiger partial charge in [0.15, 0.2) is 0 Å². The van der Waals surface area contributed by atoms with E-state index >= 15 is 0 Å². The minimum Gasteiger partial charge on any atom is -0.469 e. The Balaban J connectivity index is 1.74. The van der Waals surface area contributed by atoms with Crippen molar-refractivity contribution in [1.29, 1.82) is 0 Å². The first kappa shape index (κ1) is 26.3. The average Bonchev–Trinajstić information content (AvgIpc) is 2.89. The zero-order valence-corrected chi connectivity index (χ0v) is 20.0. The Morgan fingerprint density at radius 3 is 2.44 bits per heavy atom. The second-order valence-electron chi connectivity index (χ2n) is 7.95. The van der Waals surface area contributed by atoms with Crippen LogP contribution in [0.5, 0.6) is 0 Å². The normalized spacial score (nSPS) is 14.2. The van der Waals surface area contributed by atoms with E-state index in [1.165, 1.54) is 41.2 Å². The van der Waals surface area contributed by atoms with Gasteiger partial charge in [-0.1, -0.05) is 6.07 Å². The first-order valence-corrected chi connectivity index (χ1v) is 11.4. The van der Waals surface area contributed by atoms with Crippen LogP contribution in [-0.2, 0) is 19.1 Å². The first-order chi connectivity index (χ1) is 17.2. The number of hydrogen-bond donors (Lipinski definition) is 1. The number of nitro groups is 1. The second-order valence-corrected chi connectivity index (χ2v) is 7.95. The molecule has 0 bridgehead atoms. The minimum atomic E-state index is -1.05. The highest BCUT2D eigenvalue weighted by molar-refractivity contribution is 5.99. The molecule has 1 aliphatic rings. The molecular weight excluding hydrogens is 474 g/mol. The summed E-state index contributed by atoms with van der Waals surface area (Å²) in [7, 11) is 1.23. The first-order valence-electron chi connectivity index (χ1n) is 11.4. The average molecular weight is 501 g/mol. The number of benzene rings is 1. The molecule has 3 rings (SSSR count). The predicted molar refractivity (Wildman–Crippen MR) is 126 cm³/mol. The smallest absolute Gasteiger partial charge is 0.409 e. The number of piperazine rings is 1. The van der Waals surface area contributed by atoms with Crippen LogP contribution in [0.25, 0.3) is 10.9 Å². The number of non-ortho nitro benzene ring substituents is 1. The number of nitrogens with one attached hydrogen (secondary N) is 1. The molecule has 0 radical (unpaired) electrons. The molecule has 0 spiro atoms. The van der Waals surface area contributed by atoms with E-state index in [1.807, 2.05) is 0 Å². The number of fused-ring (bicyclic) bond motifs is 1. The van der Waals surface area contributed by atoms with Crippen molar-refractivity contribution in [3.63, 3.8) is 0 Å². The molecule has 1 atom stereocenters. The van der Waals surface area contributed by atoms with Gasteiger partial charge >= 0.3 is 12.1 Å². The van der Waals surface area contributed by atoms with Gasteiger partial charge in [0.05, 0.1) is 29.5 Å². The largest absolute Gasteiger partial charge is 0.469 e. The Morgan fingerprint density at radius 2 is 1.81 bits per heavy atom. The Hall–Kier alpha value is -4.29. The molecule has 2 heterocycles. The Bertz CT molecular complexity index is 1160. The van der Waals surface area contributed by atoms with Crippen molar-refractivity contribution in [3.8, 4) is 0 Å². The van der Waals surface area contributed by atoms with Gasteiger partial charge in [0.25, 0.3) is 11.6 Å². The quantitative estimate of drug-likeness (QED) is 0.321. The van der Waals surface area contributed by atoms with Crippen molar-refractivity contribution >= 4 is 40.5 Å². The lowest BCUT2D eigenvalue weighted by atomic mass is 10.1. The zero-order chi connectivity index (χ0) is 26.2. The van der Waals surface area contributed by atoms with Gasteiger partial charge in [-0.05, 0) is 31.5 Å². The number of esters is 1. The molecule has 1 saturated heterocycles. The molecule has 2 aromatic rings. The molecule has 1 unspecified atom stereocenters. The van der Waals surface area contributed by atoms with Crippen LogP contribution in [0.1, 0.15) is 30.3 Å². The molecule has 1 N–H and O–H groups in total. The third-order valence-electron chi connectivity index (χ3n) is 5.72. The van der Waals surface area contributed by atoms with Gasteiger partial charge in [-0.2, -0.15) is 0 Å². The summed E-state index contributed by atoms with van der Waals surface area (Å²) in [6.45, 7) is 2.97. The fourth-order valence-corrected chi connectivity index (χ4v) is 3.82. The standard InChI is InChI=1S/C23H27N5O8/c1-3-36-23(32)27-13-11-26(12-14-27)22(31)18(9-10-20(29)35-2)25-21(30)17-8-7-15-16(24-17)5-4-6-19(15)28(33)34/h4-8,18H,3,9-14H2,1-2H3,(H,25,30). The maximum atomic E-state index is 13.2. The van der Waals surface area contributed by atoms with E-state index in [9.17, 15) is 29.3 Å². The number of rotatable bonds is 8. The van der Waals surface area contributed by atoms with Crippen LogP contribution < -0.4 is 5.32 Å². The fourth-order valence-electron chi connectivity index (χ4n) is 3.82. The highest BCUT2D eigenvalue weighted by atomic mass is 16.6. The van der Waals surface area contributed by atoms with E-state index in [2.05, 4.69) is 15.0 Å². The highest BCUT2D eigenvalue weighted by Crippen LogP contribution is 2.24. The monoisotopic (exact) mass is 501 g/mol. The molecular formula is C23H27N5O8. The molecule has 0 saturated carbocycles. The molecule has 0 aliphatic carbocycles. The summed E-state index contributed by atoms with van der Waals surface area (Å²) < 4.78 is 9.64. The Kier molecular flexibility index (Phi) is 8.71. The number of carbonyl (C=O) groups is 4. The molecule has 3 amide bonds. The van der Waals surface area contributed by atoms with Crippen molar-refractivity contribution < 1.29 is 33.6 Å². The number of pyridine rings is 1. The van der Waals surface area contributed by atoms with Gasteiger partial charge in [0.2, 0.25) is 5.91 Å². The topological polar surface area (TPSA) is 161 Å². The van der Waals surface area contributed by atoms with E-state index < -0.39 is 34.8 Å². The SMILES string of the molecule is CCOC(=O)N1CCN(C(=O)C(CCC(=O)OC)NC(=O)c2ccc3c([N+](=O)[O-])cccc3n2)CC1. The highest BCUT2D eigenvalue weighted by Gasteiger charge is 2.31. The summed E-state index contributed by atoms with van der Waals surface area (Å²) in [5.41, 5.74) is 0.0791. The summed E-state index contributed by atoms with van der Waals surface area (Å²) in [6, 6.07) is 6.07. The third-order valence-corrected chi connectivity index (χ3v) is 5.72. The van der Waals surface area contributed by atoms with Crippen molar-refractivity contribution in [2.75, 3.05) is 39.9 Å². The van der Waals surface area contributed by atoms with Crippen LogP contribution in [0.2, 0.25) is 0 Å². The van der Waals surface area contributed by atoms with Gasteiger partial charge in [-0.25, -0.2) is 9.78 Å². The maximum Gasteiger partial charge on any atom is 0.409 e. The number of nitrogens with zero attached hydrogens (tertiary/aromatic N) is 4. The van der Waals surface area contributed by atoms with Gasteiger partial charge in [-0.15, -0.1) is 0 Å². The number of amides is 3. The van der Waals surface area contributed by atoms with E-state index in [0.29, 0.717) is 0 Å². The van der Waals surface area contributed by atoms with Gasteiger partial charge in [-0.3, -0.25) is 24.5 Å². The molecule has 13 nitrogen and oxygen atoms in total. The zero-order valence-electron chi connectivity index (χ0n) is 20.0. The molecule has 13 heteroatoms. The number of ether oxygens (including phenoxy) is 2. The molecule has 1 aromatic heterocycles. The van der Waals surface area contributed by atoms with Gasteiger partial charge in [0, 0.05) is 38.7 Å². The molecule has 1 aliphatic heterocycles. The lowest BCUT2D eigenvalue weighted by Crippen LogP contribution is -2.56. The molecule has 36 heavy (non-hydrogen) atoms. The summed E-state index contributed by atoms with van der Waals surface area (Å²) in [6.07, 6.45) is -0.565. The molecule has 1 fully saturated rings. The number of methoxy groups -OCH3 is 1. The van der Waals surface area contributed by atoms with Crippen LogP contribution >= 0.6 is 0 Å². The Labute approximate surface area is 206 Å². The van der Waals surface area contributed by atoms with Crippen LogP contribution in [0.4, 0.5) is 10.5 Å². The summed E-state index contributed by atoms with van der Waals surface area (Å²) >= 11 is 0. The Morgan fingerprint density at radius 1 is 1.11 bits per heavy atom. The minimum absolute atomic E-state index is 0.00557. The lowest BCUT2D eigenvalue weighted by Gasteiger charge is -2.36. The second kappa shape index (κ2) is 11.9. The maximum absolute atomic E-state index is 13.2. The van der Waals surface area contributed by atoms with Crippen molar-refractivity contribution in [2.24, 2.45) is 0 Å². The third kappa shape index (κ3) is 6.23. The van der Waals surface area contributed by atoms with Crippen molar-refractivity contribution in [3.05, 3.63) is 46.1 Å². The predicted octanol–water partition coefficient (Wildman–Crippen LogP) is 1.50. The summed E-state index contributed by atoms with van der Waals surface area (Å²) in [4.78, 5) is 67.7.